The summed E-state index contributed by atoms with van der Waals surface area (Å²) in [5, 5.41) is 3.20. The lowest BCUT2D eigenvalue weighted by Crippen LogP contribution is -2.20. The molecule has 1 unspecified atom stereocenters. The highest BCUT2D eigenvalue weighted by Gasteiger charge is 2.14. The number of ether oxygens (including phenoxy) is 1. The molecule has 2 aromatic rings. The van der Waals surface area contributed by atoms with Gasteiger partial charge in [-0.05, 0) is 61.3 Å². The zero-order chi connectivity index (χ0) is 15.4. The average molecular weight is 291 g/mol. The van der Waals surface area contributed by atoms with E-state index in [4.69, 9.17) is 4.74 Å². The molecule has 0 spiro atoms. The maximum Gasteiger partial charge on any atom is 0.126 e. The maximum atomic E-state index is 13.3. The molecule has 0 aromatic heterocycles. The second-order valence-corrected chi connectivity index (χ2v) is 5.05. The Morgan fingerprint density at radius 3 is 2.29 bits per heavy atom. The van der Waals surface area contributed by atoms with E-state index in [9.17, 15) is 8.78 Å². The number of hydrogen-bond donors (Lipinski definition) is 1. The molecule has 0 radical (unpaired) electrons. The number of methoxy groups -OCH3 is 1. The topological polar surface area (TPSA) is 21.3 Å². The fourth-order valence-electron chi connectivity index (χ4n) is 2.50. The number of nitrogens with one attached hydrogen (secondary N) is 1. The summed E-state index contributed by atoms with van der Waals surface area (Å²) in [7, 11) is 3.46. The Labute approximate surface area is 123 Å². The van der Waals surface area contributed by atoms with E-state index >= 15 is 0 Å². The SMILES string of the molecule is CNC(Cc1cc(F)cc(F)c1)c1ccc(OC)cc1C. The molecule has 4 heteroatoms. The first-order valence-corrected chi connectivity index (χ1v) is 6.80. The number of rotatable bonds is 5. The Kier molecular flexibility index (Phi) is 4.91. The molecule has 2 rings (SSSR count). The van der Waals surface area contributed by atoms with Gasteiger partial charge in [0.1, 0.15) is 17.4 Å². The van der Waals surface area contributed by atoms with Crippen LogP contribution in [0.3, 0.4) is 0 Å². The molecular weight excluding hydrogens is 272 g/mol. The van der Waals surface area contributed by atoms with Crippen LogP contribution < -0.4 is 10.1 Å². The van der Waals surface area contributed by atoms with Gasteiger partial charge in [0.05, 0.1) is 7.11 Å². The van der Waals surface area contributed by atoms with Crippen LogP contribution in [-0.2, 0) is 6.42 Å². The fraction of sp³-hybridized carbons (Fsp3) is 0.294. The molecule has 0 saturated heterocycles. The van der Waals surface area contributed by atoms with Crippen molar-refractivity contribution in [2.75, 3.05) is 14.2 Å². The van der Waals surface area contributed by atoms with Crippen LogP contribution in [0.1, 0.15) is 22.7 Å². The van der Waals surface area contributed by atoms with Crippen molar-refractivity contribution in [2.45, 2.75) is 19.4 Å². The third kappa shape index (κ3) is 3.79. The van der Waals surface area contributed by atoms with Crippen LogP contribution in [0.15, 0.2) is 36.4 Å². The molecule has 112 valence electrons. The number of aryl methyl sites for hydroxylation is 1. The molecule has 1 N–H and O–H groups in total. The number of hydrogen-bond acceptors (Lipinski definition) is 2. The summed E-state index contributed by atoms with van der Waals surface area (Å²) in [4.78, 5) is 0. The normalized spacial score (nSPS) is 12.2. The lowest BCUT2D eigenvalue weighted by Gasteiger charge is -2.19. The van der Waals surface area contributed by atoms with Gasteiger partial charge in [-0.15, -0.1) is 0 Å². The van der Waals surface area contributed by atoms with Crippen LogP contribution >= 0.6 is 0 Å². The molecule has 0 aliphatic carbocycles. The predicted octanol–water partition coefficient (Wildman–Crippen LogP) is 3.79. The highest BCUT2D eigenvalue weighted by molar-refractivity contribution is 5.37. The molecule has 21 heavy (non-hydrogen) atoms. The number of likely N-dealkylation sites (N-methyl/N-ethyl adjacent to an activating group) is 1. The summed E-state index contributed by atoms with van der Waals surface area (Å²) in [6, 6.07) is 9.42. The van der Waals surface area contributed by atoms with E-state index in [1.54, 1.807) is 7.11 Å². The maximum absolute atomic E-state index is 13.3. The van der Waals surface area contributed by atoms with Crippen molar-refractivity contribution in [3.63, 3.8) is 0 Å². The molecule has 0 amide bonds. The van der Waals surface area contributed by atoms with Crippen molar-refractivity contribution < 1.29 is 13.5 Å². The minimum atomic E-state index is -0.550. The highest BCUT2D eigenvalue weighted by atomic mass is 19.1. The summed E-state index contributed by atoms with van der Waals surface area (Å²) in [6.07, 6.45) is 0.512. The molecule has 2 aromatic carbocycles. The Hall–Kier alpha value is -1.94. The Bertz CT molecular complexity index is 608. The molecule has 1 atom stereocenters. The lowest BCUT2D eigenvalue weighted by atomic mass is 9.95. The summed E-state index contributed by atoms with van der Waals surface area (Å²) >= 11 is 0. The first-order valence-electron chi connectivity index (χ1n) is 6.80. The van der Waals surface area contributed by atoms with Crippen LogP contribution in [-0.4, -0.2) is 14.2 Å². The average Bonchev–Trinajstić information content (AvgIpc) is 2.44. The minimum Gasteiger partial charge on any atom is -0.497 e. The van der Waals surface area contributed by atoms with Crippen molar-refractivity contribution in [3.05, 3.63) is 64.7 Å². The monoisotopic (exact) mass is 291 g/mol. The van der Waals surface area contributed by atoms with E-state index < -0.39 is 11.6 Å². The lowest BCUT2D eigenvalue weighted by molar-refractivity contribution is 0.414. The fourth-order valence-corrected chi connectivity index (χ4v) is 2.50. The van der Waals surface area contributed by atoms with Gasteiger partial charge < -0.3 is 10.1 Å². The zero-order valence-electron chi connectivity index (χ0n) is 12.4. The minimum absolute atomic E-state index is 0.0166. The van der Waals surface area contributed by atoms with E-state index in [1.165, 1.54) is 12.1 Å². The van der Waals surface area contributed by atoms with E-state index in [2.05, 4.69) is 5.32 Å². The first-order chi connectivity index (χ1) is 10.0. The molecule has 0 bridgehead atoms. The second-order valence-electron chi connectivity index (χ2n) is 5.05. The van der Waals surface area contributed by atoms with Crippen molar-refractivity contribution >= 4 is 0 Å². The largest absolute Gasteiger partial charge is 0.497 e. The van der Waals surface area contributed by atoms with Crippen molar-refractivity contribution in [3.8, 4) is 5.75 Å². The van der Waals surface area contributed by atoms with E-state index in [-0.39, 0.29) is 6.04 Å². The van der Waals surface area contributed by atoms with Gasteiger partial charge in [0.2, 0.25) is 0 Å². The zero-order valence-corrected chi connectivity index (χ0v) is 12.4. The van der Waals surface area contributed by atoms with Crippen LogP contribution in [0, 0.1) is 18.6 Å². The summed E-state index contributed by atoms with van der Waals surface area (Å²) < 4.78 is 31.8. The third-order valence-electron chi connectivity index (χ3n) is 3.56. The molecule has 0 saturated carbocycles. The molecule has 0 heterocycles. The quantitative estimate of drug-likeness (QED) is 0.905. The van der Waals surface area contributed by atoms with Crippen LogP contribution in [0.5, 0.6) is 5.75 Å². The van der Waals surface area contributed by atoms with Gasteiger partial charge in [0.15, 0.2) is 0 Å². The van der Waals surface area contributed by atoms with Gasteiger partial charge >= 0.3 is 0 Å². The molecule has 2 nitrogen and oxygen atoms in total. The smallest absolute Gasteiger partial charge is 0.126 e. The van der Waals surface area contributed by atoms with E-state index in [1.807, 2.05) is 32.2 Å². The Balaban J connectivity index is 2.27. The van der Waals surface area contributed by atoms with Crippen LogP contribution in [0.4, 0.5) is 8.78 Å². The van der Waals surface area contributed by atoms with Gasteiger partial charge in [-0.3, -0.25) is 0 Å². The molecule has 0 aliphatic heterocycles. The predicted molar refractivity (Wildman–Crippen MR) is 79.6 cm³/mol. The Morgan fingerprint density at radius 2 is 1.76 bits per heavy atom. The standard InChI is InChI=1S/C17H19F2NO/c1-11-6-15(21-3)4-5-16(11)17(20-2)9-12-7-13(18)10-14(19)8-12/h4-8,10,17,20H,9H2,1-3H3. The molecular formula is C17H19F2NO. The first kappa shape index (κ1) is 15.4. The van der Waals surface area contributed by atoms with Gasteiger partial charge in [-0.1, -0.05) is 6.07 Å². The highest BCUT2D eigenvalue weighted by Crippen LogP contribution is 2.25. The Morgan fingerprint density at radius 1 is 1.10 bits per heavy atom. The summed E-state index contributed by atoms with van der Waals surface area (Å²) in [5.74, 6) is -0.305. The van der Waals surface area contributed by atoms with Crippen LogP contribution in [0.25, 0.3) is 0 Å². The van der Waals surface area contributed by atoms with Gasteiger partial charge in [0.25, 0.3) is 0 Å². The van der Waals surface area contributed by atoms with Crippen molar-refractivity contribution in [2.24, 2.45) is 0 Å². The van der Waals surface area contributed by atoms with Crippen LogP contribution in [0.2, 0.25) is 0 Å². The second kappa shape index (κ2) is 6.68. The number of benzene rings is 2. The van der Waals surface area contributed by atoms with Crippen molar-refractivity contribution in [1.29, 1.82) is 0 Å². The molecule has 0 fully saturated rings. The van der Waals surface area contributed by atoms with Crippen molar-refractivity contribution in [1.82, 2.24) is 5.32 Å². The van der Waals surface area contributed by atoms with E-state index in [0.717, 1.165) is 22.9 Å². The number of halogens is 2. The van der Waals surface area contributed by atoms with Gasteiger partial charge in [-0.25, -0.2) is 8.78 Å². The van der Waals surface area contributed by atoms with Gasteiger partial charge in [0, 0.05) is 12.1 Å². The van der Waals surface area contributed by atoms with Gasteiger partial charge in [-0.2, -0.15) is 0 Å². The summed E-state index contributed by atoms with van der Waals surface area (Å²) in [5.41, 5.74) is 2.79. The van der Waals surface area contributed by atoms with E-state index in [0.29, 0.717) is 12.0 Å². The third-order valence-corrected chi connectivity index (χ3v) is 3.56. The molecule has 0 aliphatic rings. The summed E-state index contributed by atoms with van der Waals surface area (Å²) in [6.45, 7) is 1.99.